The van der Waals surface area contributed by atoms with Gasteiger partial charge < -0.3 is 19.8 Å². The number of aromatic hydroxyl groups is 2. The highest BCUT2D eigenvalue weighted by atomic mass is 32.2. The van der Waals surface area contributed by atoms with Crippen LogP contribution in [0.2, 0.25) is 0 Å². The maximum absolute atomic E-state index is 13.0. The molecule has 0 amide bonds. The van der Waals surface area contributed by atoms with E-state index in [2.05, 4.69) is 16.7 Å². The predicted octanol–water partition coefficient (Wildman–Crippen LogP) is 4.29. The minimum absolute atomic E-state index is 0.129. The maximum atomic E-state index is 13.0. The Morgan fingerprint density at radius 2 is 1.59 bits per heavy atom. The normalized spacial score (nSPS) is 16.3. The Morgan fingerprint density at radius 1 is 0.941 bits per heavy atom. The Bertz CT molecular complexity index is 1190. The zero-order valence-electron chi connectivity index (χ0n) is 19.1. The number of rotatable bonds is 8. The molecular formula is C26H30N2O5S. The Labute approximate surface area is 200 Å². The molecule has 0 saturated carbocycles. The fourth-order valence-electron chi connectivity index (χ4n) is 4.35. The second-order valence-corrected chi connectivity index (χ2v) is 10.5. The second kappa shape index (κ2) is 10.5. The number of nitrogens with zero attached hydrogens (tertiary/aromatic N) is 1. The van der Waals surface area contributed by atoms with Gasteiger partial charge in [-0.1, -0.05) is 24.3 Å². The molecule has 4 rings (SSSR count). The highest BCUT2D eigenvalue weighted by molar-refractivity contribution is 7.89. The molecule has 180 valence electrons. The fraction of sp³-hybridized carbons (Fsp3) is 0.308. The molecule has 0 aliphatic carbocycles. The van der Waals surface area contributed by atoms with Crippen LogP contribution in [0.25, 0.3) is 0 Å². The number of para-hydroxylation sites is 1. The molecule has 7 nitrogen and oxygen atoms in total. The number of hydrogen-bond acceptors (Lipinski definition) is 6. The molecule has 1 heterocycles. The highest BCUT2D eigenvalue weighted by Crippen LogP contribution is 2.36. The third-order valence-corrected chi connectivity index (χ3v) is 7.81. The first kappa shape index (κ1) is 24.1. The van der Waals surface area contributed by atoms with Gasteiger partial charge in [-0.15, -0.1) is 0 Å². The Balaban J connectivity index is 1.48. The summed E-state index contributed by atoms with van der Waals surface area (Å²) in [5, 5.41) is 19.7. The molecule has 1 atom stereocenters. The van der Waals surface area contributed by atoms with Crippen molar-refractivity contribution in [2.24, 2.45) is 5.92 Å². The van der Waals surface area contributed by atoms with Crippen LogP contribution >= 0.6 is 0 Å². The molecule has 0 aromatic heterocycles. The zero-order chi connectivity index (χ0) is 24.1. The second-order valence-electron chi connectivity index (χ2n) is 8.73. The Morgan fingerprint density at radius 3 is 2.24 bits per heavy atom. The van der Waals surface area contributed by atoms with Gasteiger partial charge in [0.2, 0.25) is 10.0 Å². The quantitative estimate of drug-likeness (QED) is 0.414. The molecule has 0 radical (unpaired) electrons. The number of benzene rings is 3. The van der Waals surface area contributed by atoms with E-state index in [4.69, 9.17) is 4.74 Å². The summed E-state index contributed by atoms with van der Waals surface area (Å²) in [7, 11) is -1.67. The van der Waals surface area contributed by atoms with Gasteiger partial charge in [0.05, 0.1) is 4.90 Å². The van der Waals surface area contributed by atoms with E-state index in [1.165, 1.54) is 24.3 Å². The summed E-state index contributed by atoms with van der Waals surface area (Å²) < 4.78 is 34.6. The lowest BCUT2D eigenvalue weighted by molar-refractivity contribution is 0.198. The maximum Gasteiger partial charge on any atom is 0.240 e. The molecule has 1 fully saturated rings. The van der Waals surface area contributed by atoms with Crippen LogP contribution in [0.15, 0.2) is 77.7 Å². The van der Waals surface area contributed by atoms with Crippen molar-refractivity contribution in [3.05, 3.63) is 78.4 Å². The van der Waals surface area contributed by atoms with Gasteiger partial charge in [0.25, 0.3) is 0 Å². The van der Waals surface area contributed by atoms with E-state index >= 15 is 0 Å². The number of hydrogen-bond donors (Lipinski definition) is 3. The van der Waals surface area contributed by atoms with Gasteiger partial charge in [0.1, 0.15) is 11.5 Å². The smallest absolute Gasteiger partial charge is 0.240 e. The number of nitrogens with one attached hydrogen (secondary N) is 1. The standard InChI is InChI=1S/C26H30N2O5S/c1-28-15-13-19(14-16-28)24(20-7-12-25(29)26(30)17-20)18-27-34(31,32)23-10-8-22(9-11-23)33-21-5-3-2-4-6-21/h2-12,17,19,24,27,29-30H,13-16,18H2,1H3. The lowest BCUT2D eigenvalue weighted by Crippen LogP contribution is -2.37. The molecule has 1 aliphatic heterocycles. The van der Waals surface area contributed by atoms with E-state index < -0.39 is 10.0 Å². The van der Waals surface area contributed by atoms with Crippen molar-refractivity contribution in [3.63, 3.8) is 0 Å². The van der Waals surface area contributed by atoms with Crippen LogP contribution in [-0.4, -0.2) is 50.2 Å². The summed E-state index contributed by atoms with van der Waals surface area (Å²) >= 11 is 0. The summed E-state index contributed by atoms with van der Waals surface area (Å²) in [5.74, 6) is 0.958. The van der Waals surface area contributed by atoms with Crippen molar-refractivity contribution < 1.29 is 23.4 Å². The Hall–Kier alpha value is -3.07. The van der Waals surface area contributed by atoms with E-state index in [9.17, 15) is 18.6 Å². The van der Waals surface area contributed by atoms with Crippen LogP contribution in [0, 0.1) is 5.92 Å². The minimum atomic E-state index is -3.75. The molecule has 3 aromatic rings. The largest absolute Gasteiger partial charge is 0.504 e. The van der Waals surface area contributed by atoms with Gasteiger partial charge in [0, 0.05) is 12.5 Å². The van der Waals surface area contributed by atoms with Crippen molar-refractivity contribution in [1.82, 2.24) is 9.62 Å². The lowest BCUT2D eigenvalue weighted by Gasteiger charge is -2.34. The topological polar surface area (TPSA) is 99.1 Å². The van der Waals surface area contributed by atoms with Crippen LogP contribution in [-0.2, 0) is 10.0 Å². The van der Waals surface area contributed by atoms with E-state index in [1.807, 2.05) is 30.3 Å². The highest BCUT2D eigenvalue weighted by Gasteiger charge is 2.29. The average Bonchev–Trinajstić information content (AvgIpc) is 2.83. The van der Waals surface area contributed by atoms with Gasteiger partial charge in [-0.2, -0.15) is 0 Å². The molecule has 1 unspecified atom stereocenters. The van der Waals surface area contributed by atoms with E-state index in [-0.39, 0.29) is 34.8 Å². The predicted molar refractivity (Wildman–Crippen MR) is 131 cm³/mol. The molecule has 1 aliphatic rings. The van der Waals surface area contributed by atoms with Gasteiger partial charge in [-0.05, 0) is 93.0 Å². The van der Waals surface area contributed by atoms with Crippen molar-refractivity contribution in [1.29, 1.82) is 0 Å². The summed E-state index contributed by atoms with van der Waals surface area (Å²) in [6.07, 6.45) is 1.85. The van der Waals surface area contributed by atoms with Crippen LogP contribution in [0.3, 0.4) is 0 Å². The zero-order valence-corrected chi connectivity index (χ0v) is 19.9. The number of sulfonamides is 1. The first-order valence-electron chi connectivity index (χ1n) is 11.3. The lowest BCUT2D eigenvalue weighted by atomic mass is 9.80. The van der Waals surface area contributed by atoms with E-state index in [1.54, 1.807) is 18.2 Å². The number of phenols is 2. The average molecular weight is 483 g/mol. The number of likely N-dealkylation sites (tertiary alicyclic amines) is 1. The van der Waals surface area contributed by atoms with Gasteiger partial charge >= 0.3 is 0 Å². The van der Waals surface area contributed by atoms with Gasteiger partial charge in [-0.25, -0.2) is 13.1 Å². The van der Waals surface area contributed by atoms with E-state index in [0.717, 1.165) is 31.5 Å². The third-order valence-electron chi connectivity index (χ3n) is 6.37. The fourth-order valence-corrected chi connectivity index (χ4v) is 5.41. The molecular weight excluding hydrogens is 452 g/mol. The third kappa shape index (κ3) is 5.88. The van der Waals surface area contributed by atoms with Gasteiger partial charge in [-0.3, -0.25) is 0 Å². The van der Waals surface area contributed by atoms with Crippen LogP contribution in [0.4, 0.5) is 0 Å². The number of ether oxygens (including phenoxy) is 1. The first-order chi connectivity index (χ1) is 16.3. The van der Waals surface area contributed by atoms with Gasteiger partial charge in [0.15, 0.2) is 11.5 Å². The monoisotopic (exact) mass is 482 g/mol. The number of piperidine rings is 1. The van der Waals surface area contributed by atoms with Crippen LogP contribution in [0.5, 0.6) is 23.0 Å². The number of phenolic OH excluding ortho intramolecular Hbond substituents is 2. The van der Waals surface area contributed by atoms with Crippen molar-refractivity contribution in [3.8, 4) is 23.0 Å². The molecule has 0 spiro atoms. The minimum Gasteiger partial charge on any atom is -0.504 e. The molecule has 8 heteroatoms. The van der Waals surface area contributed by atoms with Crippen LogP contribution < -0.4 is 9.46 Å². The molecule has 1 saturated heterocycles. The summed E-state index contributed by atoms with van der Waals surface area (Å²) in [5.41, 5.74) is 0.805. The van der Waals surface area contributed by atoms with Crippen LogP contribution in [0.1, 0.15) is 24.3 Å². The summed E-state index contributed by atoms with van der Waals surface area (Å²) in [6.45, 7) is 2.06. The molecule has 0 bridgehead atoms. The molecule has 3 N–H and O–H groups in total. The first-order valence-corrected chi connectivity index (χ1v) is 12.8. The summed E-state index contributed by atoms with van der Waals surface area (Å²) in [4.78, 5) is 2.41. The molecule has 34 heavy (non-hydrogen) atoms. The molecule has 3 aromatic carbocycles. The van der Waals surface area contributed by atoms with Crippen molar-refractivity contribution in [2.45, 2.75) is 23.7 Å². The van der Waals surface area contributed by atoms with Crippen molar-refractivity contribution in [2.75, 3.05) is 26.7 Å². The Kier molecular flexibility index (Phi) is 7.41. The van der Waals surface area contributed by atoms with Crippen molar-refractivity contribution >= 4 is 10.0 Å². The SMILES string of the molecule is CN1CCC(C(CNS(=O)(=O)c2ccc(Oc3ccccc3)cc2)c2ccc(O)c(O)c2)CC1. The summed E-state index contributed by atoms with van der Waals surface area (Å²) in [6, 6.07) is 20.3. The van der Waals surface area contributed by atoms with E-state index in [0.29, 0.717) is 11.5 Å².